The predicted molar refractivity (Wildman–Crippen MR) is 65.9 cm³/mol. The molecule has 4 heteroatoms. The minimum atomic E-state index is 0.282. The first kappa shape index (κ1) is 11.7. The lowest BCUT2D eigenvalue weighted by Crippen LogP contribution is -2.37. The number of ether oxygens (including phenoxy) is 1. The van der Waals surface area contributed by atoms with Crippen LogP contribution in [0.5, 0.6) is 0 Å². The van der Waals surface area contributed by atoms with E-state index in [4.69, 9.17) is 16.3 Å². The third-order valence-corrected chi connectivity index (χ3v) is 3.44. The minimum absolute atomic E-state index is 0.282. The van der Waals surface area contributed by atoms with Crippen molar-refractivity contribution in [3.63, 3.8) is 0 Å². The number of hydrogen-bond donors (Lipinski definition) is 1. The zero-order chi connectivity index (χ0) is 11.4. The van der Waals surface area contributed by atoms with E-state index in [1.807, 2.05) is 0 Å². The van der Waals surface area contributed by atoms with Gasteiger partial charge in [0.15, 0.2) is 0 Å². The lowest BCUT2D eigenvalue weighted by atomic mass is 9.92. The van der Waals surface area contributed by atoms with E-state index in [-0.39, 0.29) is 6.10 Å². The van der Waals surface area contributed by atoms with E-state index >= 15 is 0 Å². The van der Waals surface area contributed by atoms with Crippen LogP contribution < -0.4 is 5.32 Å². The number of pyridine rings is 1. The molecule has 3 nitrogen and oxygen atoms in total. The molecule has 0 aromatic carbocycles. The Morgan fingerprint density at radius 3 is 3.00 bits per heavy atom. The van der Waals surface area contributed by atoms with Gasteiger partial charge in [0.1, 0.15) is 0 Å². The summed E-state index contributed by atoms with van der Waals surface area (Å²) in [6.45, 7) is 0. The Balaban J connectivity index is 2.05. The number of rotatable bonds is 3. The van der Waals surface area contributed by atoms with Crippen molar-refractivity contribution in [2.75, 3.05) is 12.4 Å². The Kier molecular flexibility index (Phi) is 4.02. The number of nitrogens with one attached hydrogen (secondary N) is 1. The highest BCUT2D eigenvalue weighted by Crippen LogP contribution is 2.27. The van der Waals surface area contributed by atoms with Gasteiger partial charge in [-0.1, -0.05) is 24.4 Å². The number of aromatic nitrogens is 1. The molecule has 0 radical (unpaired) electrons. The van der Waals surface area contributed by atoms with Crippen molar-refractivity contribution < 1.29 is 4.74 Å². The molecule has 0 saturated heterocycles. The molecule has 88 valence electrons. The molecule has 1 saturated carbocycles. The lowest BCUT2D eigenvalue weighted by molar-refractivity contribution is 0.0606. The van der Waals surface area contributed by atoms with Gasteiger partial charge in [-0.15, -0.1) is 0 Å². The van der Waals surface area contributed by atoms with Gasteiger partial charge in [-0.2, -0.15) is 0 Å². The molecule has 1 heterocycles. The molecule has 0 aliphatic heterocycles. The van der Waals surface area contributed by atoms with E-state index in [1.165, 1.54) is 12.8 Å². The van der Waals surface area contributed by atoms with Gasteiger partial charge >= 0.3 is 0 Å². The summed E-state index contributed by atoms with van der Waals surface area (Å²) in [7, 11) is 1.77. The molecule has 0 bridgehead atoms. The average molecular weight is 241 g/mol. The number of methoxy groups -OCH3 is 1. The first-order chi connectivity index (χ1) is 7.81. The molecule has 1 aromatic heterocycles. The van der Waals surface area contributed by atoms with E-state index in [9.17, 15) is 0 Å². The highest BCUT2D eigenvalue weighted by Gasteiger charge is 2.25. The van der Waals surface area contributed by atoms with E-state index in [0.717, 1.165) is 23.6 Å². The zero-order valence-corrected chi connectivity index (χ0v) is 10.2. The summed E-state index contributed by atoms with van der Waals surface area (Å²) in [6.07, 6.45) is 8.49. The third-order valence-electron chi connectivity index (χ3n) is 3.11. The molecule has 16 heavy (non-hydrogen) atoms. The van der Waals surface area contributed by atoms with E-state index in [1.54, 1.807) is 25.6 Å². The second-order valence-electron chi connectivity index (χ2n) is 4.16. The van der Waals surface area contributed by atoms with Gasteiger partial charge in [0.05, 0.1) is 29.1 Å². The summed E-state index contributed by atoms with van der Waals surface area (Å²) in [5.74, 6) is 0. The van der Waals surface area contributed by atoms with E-state index in [2.05, 4.69) is 10.3 Å². The van der Waals surface area contributed by atoms with Crippen LogP contribution in [0.25, 0.3) is 0 Å². The fraction of sp³-hybridized carbons (Fsp3) is 0.583. The maximum absolute atomic E-state index is 6.09. The van der Waals surface area contributed by atoms with Crippen LogP contribution in [0.2, 0.25) is 5.02 Å². The Bertz CT molecular complexity index is 346. The SMILES string of the molecule is COC1CCCCC1Nc1cnccc1Cl. The summed E-state index contributed by atoms with van der Waals surface area (Å²) in [5, 5.41) is 4.15. The molecule has 1 fully saturated rings. The van der Waals surface area contributed by atoms with Crippen molar-refractivity contribution >= 4 is 17.3 Å². The largest absolute Gasteiger partial charge is 0.379 e. The average Bonchev–Trinajstić information content (AvgIpc) is 2.33. The molecule has 1 N–H and O–H groups in total. The second kappa shape index (κ2) is 5.51. The fourth-order valence-corrected chi connectivity index (χ4v) is 2.39. The number of nitrogens with zero attached hydrogens (tertiary/aromatic N) is 1. The quantitative estimate of drug-likeness (QED) is 0.882. The standard InChI is InChI=1S/C12H17ClN2O/c1-16-12-5-3-2-4-10(12)15-11-8-14-7-6-9(11)13/h6-8,10,12,15H,2-5H2,1H3. The van der Waals surface area contributed by atoms with Crippen LogP contribution in [0, 0.1) is 0 Å². The molecule has 2 rings (SSSR count). The lowest BCUT2D eigenvalue weighted by Gasteiger charge is -2.31. The van der Waals surface area contributed by atoms with Crippen LogP contribution in [-0.4, -0.2) is 24.2 Å². The maximum Gasteiger partial charge on any atom is 0.0772 e. The van der Waals surface area contributed by atoms with Crippen molar-refractivity contribution in [3.05, 3.63) is 23.5 Å². The van der Waals surface area contributed by atoms with Crippen LogP contribution in [0.4, 0.5) is 5.69 Å². The summed E-state index contributed by atoms with van der Waals surface area (Å²) >= 11 is 6.09. The Morgan fingerprint density at radius 1 is 1.44 bits per heavy atom. The number of anilines is 1. The minimum Gasteiger partial charge on any atom is -0.379 e. The monoisotopic (exact) mass is 240 g/mol. The predicted octanol–water partition coefficient (Wildman–Crippen LogP) is 3.10. The van der Waals surface area contributed by atoms with Gasteiger partial charge in [-0.3, -0.25) is 4.98 Å². The van der Waals surface area contributed by atoms with Crippen LogP contribution >= 0.6 is 11.6 Å². The Labute approximate surface area is 101 Å². The van der Waals surface area contributed by atoms with Gasteiger partial charge in [0.25, 0.3) is 0 Å². The van der Waals surface area contributed by atoms with Crippen LogP contribution in [0.3, 0.4) is 0 Å². The van der Waals surface area contributed by atoms with E-state index in [0.29, 0.717) is 6.04 Å². The van der Waals surface area contributed by atoms with Gasteiger partial charge < -0.3 is 10.1 Å². The molecule has 2 atom stereocenters. The molecule has 1 aliphatic rings. The fourth-order valence-electron chi connectivity index (χ4n) is 2.23. The highest BCUT2D eigenvalue weighted by atomic mass is 35.5. The van der Waals surface area contributed by atoms with Crippen molar-refractivity contribution in [1.82, 2.24) is 4.98 Å². The van der Waals surface area contributed by atoms with Crippen LogP contribution in [-0.2, 0) is 4.74 Å². The normalized spacial score (nSPS) is 25.4. The Hall–Kier alpha value is -0.800. The second-order valence-corrected chi connectivity index (χ2v) is 4.57. The molecule has 2 unspecified atom stereocenters. The summed E-state index contributed by atoms with van der Waals surface area (Å²) in [4.78, 5) is 4.07. The first-order valence-electron chi connectivity index (χ1n) is 5.70. The topological polar surface area (TPSA) is 34.1 Å². The molecular weight excluding hydrogens is 224 g/mol. The Morgan fingerprint density at radius 2 is 2.25 bits per heavy atom. The van der Waals surface area contributed by atoms with Gasteiger partial charge in [0.2, 0.25) is 0 Å². The van der Waals surface area contributed by atoms with Crippen molar-refractivity contribution in [2.45, 2.75) is 37.8 Å². The number of halogens is 1. The van der Waals surface area contributed by atoms with Crippen LogP contribution in [0.15, 0.2) is 18.5 Å². The first-order valence-corrected chi connectivity index (χ1v) is 6.08. The van der Waals surface area contributed by atoms with Gasteiger partial charge in [-0.25, -0.2) is 0 Å². The van der Waals surface area contributed by atoms with Crippen molar-refractivity contribution in [2.24, 2.45) is 0 Å². The zero-order valence-electron chi connectivity index (χ0n) is 9.45. The summed E-state index contributed by atoms with van der Waals surface area (Å²) < 4.78 is 5.49. The number of hydrogen-bond acceptors (Lipinski definition) is 3. The van der Waals surface area contributed by atoms with Gasteiger partial charge in [-0.05, 0) is 18.9 Å². The molecule has 1 aliphatic carbocycles. The van der Waals surface area contributed by atoms with Crippen LogP contribution in [0.1, 0.15) is 25.7 Å². The van der Waals surface area contributed by atoms with Crippen molar-refractivity contribution in [3.8, 4) is 0 Å². The highest BCUT2D eigenvalue weighted by molar-refractivity contribution is 6.33. The summed E-state index contributed by atoms with van der Waals surface area (Å²) in [6, 6.07) is 2.15. The van der Waals surface area contributed by atoms with Gasteiger partial charge in [0, 0.05) is 13.3 Å². The molecule has 1 aromatic rings. The summed E-state index contributed by atoms with van der Waals surface area (Å²) in [5.41, 5.74) is 0.901. The molecular formula is C12H17ClN2O. The smallest absolute Gasteiger partial charge is 0.0772 e. The maximum atomic E-state index is 6.09. The molecule has 0 spiro atoms. The van der Waals surface area contributed by atoms with Crippen molar-refractivity contribution in [1.29, 1.82) is 0 Å². The third kappa shape index (κ3) is 2.66. The van der Waals surface area contributed by atoms with E-state index < -0.39 is 0 Å². The molecule has 0 amide bonds.